The van der Waals surface area contributed by atoms with Crippen molar-refractivity contribution in [2.24, 2.45) is 4.99 Å². The molecule has 0 bridgehead atoms. The van der Waals surface area contributed by atoms with Crippen molar-refractivity contribution in [2.75, 3.05) is 27.8 Å². The molecule has 0 aliphatic carbocycles. The van der Waals surface area contributed by atoms with Crippen LogP contribution in [-0.4, -0.2) is 33.8 Å². The smallest absolute Gasteiger partial charge is 0.191 e. The summed E-state index contributed by atoms with van der Waals surface area (Å²) in [5, 5.41) is 6.53. The molecule has 0 unspecified atom stereocenters. The lowest BCUT2D eigenvalue weighted by atomic mass is 10.1. The van der Waals surface area contributed by atoms with Gasteiger partial charge < -0.3 is 20.1 Å². The Morgan fingerprint density at radius 1 is 1.07 bits per heavy atom. The van der Waals surface area contributed by atoms with Gasteiger partial charge in [0.15, 0.2) is 17.5 Å². The highest BCUT2D eigenvalue weighted by atomic mass is 127. The lowest BCUT2D eigenvalue weighted by Crippen LogP contribution is -2.38. The molecule has 0 aliphatic heterocycles. The molecule has 0 spiro atoms. The van der Waals surface area contributed by atoms with E-state index in [4.69, 9.17) is 9.47 Å². The van der Waals surface area contributed by atoms with Crippen molar-refractivity contribution in [3.8, 4) is 11.5 Å². The largest absolute Gasteiger partial charge is 0.493 e. The molecule has 2 N–H and O–H groups in total. The van der Waals surface area contributed by atoms with Gasteiger partial charge in [-0.2, -0.15) is 0 Å². The first-order chi connectivity index (χ1) is 12.6. The zero-order valence-corrected chi connectivity index (χ0v) is 18.5. The Bertz CT molecular complexity index is 769. The van der Waals surface area contributed by atoms with E-state index in [9.17, 15) is 4.39 Å². The molecule has 148 valence electrons. The van der Waals surface area contributed by atoms with Crippen LogP contribution < -0.4 is 20.1 Å². The van der Waals surface area contributed by atoms with E-state index < -0.39 is 0 Å². The zero-order valence-electron chi connectivity index (χ0n) is 16.1. The number of rotatable bonds is 7. The van der Waals surface area contributed by atoms with Gasteiger partial charge in [-0.25, -0.2) is 4.39 Å². The minimum absolute atomic E-state index is 0. The van der Waals surface area contributed by atoms with E-state index in [0.717, 1.165) is 23.1 Å². The number of methoxy groups -OCH3 is 2. The second-order valence-electron chi connectivity index (χ2n) is 5.83. The Hall–Kier alpha value is -2.03. The molecular formula is C20H27FIN3O2. The average molecular weight is 487 g/mol. The van der Waals surface area contributed by atoms with E-state index in [1.54, 1.807) is 27.3 Å². The Morgan fingerprint density at radius 3 is 2.48 bits per heavy atom. The summed E-state index contributed by atoms with van der Waals surface area (Å²) in [6.07, 6.45) is 0.787. The third-order valence-corrected chi connectivity index (χ3v) is 4.15. The molecular weight excluding hydrogens is 460 g/mol. The molecule has 2 aromatic carbocycles. The Kier molecular flexibility index (Phi) is 9.92. The molecule has 27 heavy (non-hydrogen) atoms. The highest BCUT2D eigenvalue weighted by Gasteiger charge is 2.10. The summed E-state index contributed by atoms with van der Waals surface area (Å²) in [5.74, 6) is 1.89. The molecule has 0 radical (unpaired) electrons. The van der Waals surface area contributed by atoms with Gasteiger partial charge >= 0.3 is 0 Å². The highest BCUT2D eigenvalue weighted by molar-refractivity contribution is 14.0. The summed E-state index contributed by atoms with van der Waals surface area (Å²) in [6, 6.07) is 10.6. The number of aryl methyl sites for hydroxylation is 1. The van der Waals surface area contributed by atoms with Gasteiger partial charge in [-0.1, -0.05) is 18.2 Å². The fourth-order valence-corrected chi connectivity index (χ4v) is 2.75. The molecule has 0 aromatic heterocycles. The van der Waals surface area contributed by atoms with Gasteiger partial charge in [0, 0.05) is 25.7 Å². The van der Waals surface area contributed by atoms with E-state index in [2.05, 4.69) is 15.6 Å². The Labute approximate surface area is 177 Å². The topological polar surface area (TPSA) is 54.9 Å². The molecule has 0 aliphatic rings. The van der Waals surface area contributed by atoms with E-state index in [1.165, 1.54) is 6.07 Å². The summed E-state index contributed by atoms with van der Waals surface area (Å²) >= 11 is 0. The van der Waals surface area contributed by atoms with Gasteiger partial charge in [-0.3, -0.25) is 4.99 Å². The lowest BCUT2D eigenvalue weighted by Gasteiger charge is -2.15. The number of hydrogen-bond acceptors (Lipinski definition) is 3. The van der Waals surface area contributed by atoms with Crippen LogP contribution in [0.1, 0.15) is 16.7 Å². The van der Waals surface area contributed by atoms with Crippen LogP contribution in [0.2, 0.25) is 0 Å². The van der Waals surface area contributed by atoms with Crippen molar-refractivity contribution in [1.82, 2.24) is 10.6 Å². The number of nitrogens with one attached hydrogen (secondary N) is 2. The number of benzene rings is 2. The molecule has 5 nitrogen and oxygen atoms in total. The van der Waals surface area contributed by atoms with Gasteiger partial charge in [0.1, 0.15) is 5.82 Å². The molecule has 0 amide bonds. The molecule has 0 heterocycles. The fraction of sp³-hybridized carbons (Fsp3) is 0.350. The quantitative estimate of drug-likeness (QED) is 0.356. The normalized spacial score (nSPS) is 10.8. The molecule has 2 rings (SSSR count). The number of ether oxygens (including phenoxy) is 2. The molecule has 0 fully saturated rings. The first kappa shape index (κ1) is 23.0. The molecule has 2 aromatic rings. The van der Waals surface area contributed by atoms with Crippen LogP contribution >= 0.6 is 24.0 Å². The first-order valence-electron chi connectivity index (χ1n) is 8.48. The monoisotopic (exact) mass is 487 g/mol. The van der Waals surface area contributed by atoms with Gasteiger partial charge in [0.25, 0.3) is 0 Å². The molecule has 0 saturated carbocycles. The standard InChI is InChI=1S/C20H26FN3O2.HI/c1-14-12-17(21)9-8-15(14)10-11-23-20(22-2)24-13-16-6-5-7-18(25-3)19(16)26-4;/h5-9,12H,10-11,13H2,1-4H3,(H2,22,23,24);1H. The van der Waals surface area contributed by atoms with Gasteiger partial charge in [-0.05, 0) is 42.7 Å². The number of para-hydroxylation sites is 1. The van der Waals surface area contributed by atoms with Gasteiger partial charge in [-0.15, -0.1) is 24.0 Å². The third-order valence-electron chi connectivity index (χ3n) is 4.15. The van der Waals surface area contributed by atoms with Crippen molar-refractivity contribution in [1.29, 1.82) is 0 Å². The molecule has 0 saturated heterocycles. The summed E-state index contributed by atoms with van der Waals surface area (Å²) < 4.78 is 23.9. The van der Waals surface area contributed by atoms with Crippen LogP contribution in [0.25, 0.3) is 0 Å². The molecule has 0 atom stereocenters. The number of halogens is 2. The maximum Gasteiger partial charge on any atom is 0.191 e. The first-order valence-corrected chi connectivity index (χ1v) is 8.48. The SMILES string of the molecule is CN=C(NCCc1ccc(F)cc1C)NCc1cccc(OC)c1OC.I. The number of aliphatic imine (C=N–C) groups is 1. The van der Waals surface area contributed by atoms with Crippen LogP contribution in [0.5, 0.6) is 11.5 Å². The maximum absolute atomic E-state index is 13.2. The van der Waals surface area contributed by atoms with Crippen LogP contribution in [0.4, 0.5) is 4.39 Å². The Morgan fingerprint density at radius 2 is 1.85 bits per heavy atom. The highest BCUT2D eigenvalue weighted by Crippen LogP contribution is 2.30. The number of guanidine groups is 1. The third kappa shape index (κ3) is 6.57. The lowest BCUT2D eigenvalue weighted by molar-refractivity contribution is 0.351. The minimum Gasteiger partial charge on any atom is -0.493 e. The predicted molar refractivity (Wildman–Crippen MR) is 118 cm³/mol. The van der Waals surface area contributed by atoms with Crippen LogP contribution in [-0.2, 0) is 13.0 Å². The summed E-state index contributed by atoms with van der Waals surface area (Å²) in [6.45, 7) is 3.16. The summed E-state index contributed by atoms with van der Waals surface area (Å²) in [7, 11) is 4.97. The fourth-order valence-electron chi connectivity index (χ4n) is 2.75. The second kappa shape index (κ2) is 11.6. The second-order valence-corrected chi connectivity index (χ2v) is 5.83. The van der Waals surface area contributed by atoms with Crippen molar-refractivity contribution in [2.45, 2.75) is 19.9 Å². The average Bonchev–Trinajstić information content (AvgIpc) is 2.65. The van der Waals surface area contributed by atoms with Crippen molar-refractivity contribution in [3.05, 3.63) is 58.9 Å². The summed E-state index contributed by atoms with van der Waals surface area (Å²) in [4.78, 5) is 4.23. The Balaban J connectivity index is 0.00000364. The van der Waals surface area contributed by atoms with Crippen LogP contribution in [0.15, 0.2) is 41.4 Å². The van der Waals surface area contributed by atoms with E-state index in [-0.39, 0.29) is 29.8 Å². The van der Waals surface area contributed by atoms with Gasteiger partial charge in [0.2, 0.25) is 0 Å². The predicted octanol–water partition coefficient (Wildman–Crippen LogP) is 3.68. The van der Waals surface area contributed by atoms with Crippen LogP contribution in [0.3, 0.4) is 0 Å². The zero-order chi connectivity index (χ0) is 18.9. The van der Waals surface area contributed by atoms with Crippen LogP contribution in [0, 0.1) is 12.7 Å². The van der Waals surface area contributed by atoms with Crippen molar-refractivity contribution < 1.29 is 13.9 Å². The van der Waals surface area contributed by atoms with Crippen molar-refractivity contribution in [3.63, 3.8) is 0 Å². The van der Waals surface area contributed by atoms with E-state index in [0.29, 0.717) is 30.5 Å². The van der Waals surface area contributed by atoms with E-state index >= 15 is 0 Å². The number of nitrogens with zero attached hydrogens (tertiary/aromatic N) is 1. The number of hydrogen-bond donors (Lipinski definition) is 2. The summed E-state index contributed by atoms with van der Waals surface area (Å²) in [5.41, 5.74) is 3.05. The van der Waals surface area contributed by atoms with Gasteiger partial charge in [0.05, 0.1) is 14.2 Å². The minimum atomic E-state index is -0.205. The van der Waals surface area contributed by atoms with Crippen molar-refractivity contribution >= 4 is 29.9 Å². The van der Waals surface area contributed by atoms with E-state index in [1.807, 2.05) is 31.2 Å². The molecule has 7 heteroatoms. The maximum atomic E-state index is 13.2.